The van der Waals surface area contributed by atoms with Crippen molar-refractivity contribution in [3.63, 3.8) is 0 Å². The number of aromatic nitrogens is 4. The zero-order valence-electron chi connectivity index (χ0n) is 18.0. The van der Waals surface area contributed by atoms with Gasteiger partial charge in [-0.25, -0.2) is 14.5 Å². The van der Waals surface area contributed by atoms with E-state index in [0.717, 1.165) is 17.3 Å². The number of nitrogens with zero attached hydrogens (tertiary/aromatic N) is 7. The lowest BCUT2D eigenvalue weighted by atomic mass is 10.1. The maximum Gasteiger partial charge on any atom is 0.433 e. The summed E-state index contributed by atoms with van der Waals surface area (Å²) in [4.78, 5) is 9.87. The predicted octanol–water partition coefficient (Wildman–Crippen LogP) is 7.30. The molecule has 7 nitrogen and oxygen atoms in total. The van der Waals surface area contributed by atoms with Crippen molar-refractivity contribution >= 4 is 49.9 Å². The second-order valence-corrected chi connectivity index (χ2v) is 9.47. The summed E-state index contributed by atoms with van der Waals surface area (Å²) in [7, 11) is 0. The molecule has 0 aliphatic carbocycles. The number of rotatable bonds is 3. The monoisotopic (exact) mass is 497 g/mol. The number of halogens is 3. The minimum absolute atomic E-state index is 0.0665. The zero-order chi connectivity index (χ0) is 24.2. The molecule has 0 saturated carbocycles. The molecule has 0 saturated heterocycles. The van der Waals surface area contributed by atoms with Crippen LogP contribution < -0.4 is 0 Å². The van der Waals surface area contributed by atoms with Crippen molar-refractivity contribution in [1.82, 2.24) is 19.6 Å². The van der Waals surface area contributed by atoms with Crippen molar-refractivity contribution in [3.05, 3.63) is 57.2 Å². The van der Waals surface area contributed by atoms with Crippen LogP contribution in [-0.2, 0) is 6.18 Å². The highest BCUT2D eigenvalue weighted by Gasteiger charge is 2.34. The maximum absolute atomic E-state index is 13.7. The summed E-state index contributed by atoms with van der Waals surface area (Å²) in [5, 5.41) is 25.0. The smallest absolute Gasteiger partial charge is 0.242 e. The summed E-state index contributed by atoms with van der Waals surface area (Å²) in [5.41, 5.74) is 1.62. The van der Waals surface area contributed by atoms with Crippen molar-refractivity contribution in [2.24, 2.45) is 10.2 Å². The molecule has 5 aromatic rings. The van der Waals surface area contributed by atoms with Crippen LogP contribution in [0, 0.1) is 32.1 Å². The standard InChI is InChI=1S/C22H14F3N7S2/c1-10-7-11(2)27-21-17(10)19(15(9-26)34-21)30-29-18-12(3)31-32-13(14-5-4-6-33-14)8-16(22(23,24)25)28-20(18)32/h4-8H,1-3H3. The number of aryl methyl sites for hydroxylation is 3. The second-order valence-electron chi connectivity index (χ2n) is 7.52. The normalized spacial score (nSPS) is 12.3. The van der Waals surface area contributed by atoms with Gasteiger partial charge in [-0.3, -0.25) is 0 Å². The van der Waals surface area contributed by atoms with E-state index in [2.05, 4.69) is 31.4 Å². The van der Waals surface area contributed by atoms with Crippen LogP contribution >= 0.6 is 22.7 Å². The van der Waals surface area contributed by atoms with Crippen LogP contribution in [0.5, 0.6) is 0 Å². The molecule has 0 fully saturated rings. The third-order valence-electron chi connectivity index (χ3n) is 5.11. The Bertz CT molecular complexity index is 1640. The molecule has 0 amide bonds. The zero-order valence-corrected chi connectivity index (χ0v) is 19.6. The lowest BCUT2D eigenvalue weighted by molar-refractivity contribution is -0.141. The van der Waals surface area contributed by atoms with Crippen molar-refractivity contribution in [2.45, 2.75) is 26.9 Å². The van der Waals surface area contributed by atoms with Gasteiger partial charge in [-0.2, -0.15) is 23.5 Å². The van der Waals surface area contributed by atoms with Gasteiger partial charge in [-0.1, -0.05) is 6.07 Å². The highest BCUT2D eigenvalue weighted by molar-refractivity contribution is 7.19. The number of thiophene rings is 2. The molecular formula is C22H14F3N7S2. The lowest BCUT2D eigenvalue weighted by Gasteiger charge is -2.09. The molecule has 5 heterocycles. The summed E-state index contributed by atoms with van der Waals surface area (Å²) >= 11 is 2.49. The molecule has 0 aromatic carbocycles. The van der Waals surface area contributed by atoms with Gasteiger partial charge in [0, 0.05) is 11.1 Å². The van der Waals surface area contributed by atoms with E-state index < -0.39 is 11.9 Å². The Balaban J connectivity index is 1.74. The van der Waals surface area contributed by atoms with Crippen LogP contribution in [0.4, 0.5) is 24.5 Å². The summed E-state index contributed by atoms with van der Waals surface area (Å²) < 4.78 is 42.3. The van der Waals surface area contributed by atoms with Crippen molar-refractivity contribution in [3.8, 4) is 16.6 Å². The third-order valence-corrected chi connectivity index (χ3v) is 6.98. The Labute approximate surface area is 198 Å². The summed E-state index contributed by atoms with van der Waals surface area (Å²) in [5.74, 6) is 0. The Morgan fingerprint density at radius 2 is 1.85 bits per heavy atom. The molecule has 0 spiro atoms. The number of hydrogen-bond acceptors (Lipinski definition) is 8. The molecule has 5 rings (SSSR count). The van der Waals surface area contributed by atoms with Gasteiger partial charge in [0.15, 0.2) is 11.3 Å². The highest BCUT2D eigenvalue weighted by atomic mass is 32.1. The average Bonchev–Trinajstić information content (AvgIpc) is 3.48. The fourth-order valence-electron chi connectivity index (χ4n) is 3.67. The fraction of sp³-hybridized carbons (Fsp3) is 0.182. The third kappa shape index (κ3) is 3.63. The minimum Gasteiger partial charge on any atom is -0.242 e. The van der Waals surface area contributed by atoms with Crippen LogP contribution in [0.3, 0.4) is 0 Å². The molecule has 0 atom stereocenters. The first kappa shape index (κ1) is 22.1. The Kier molecular flexibility index (Phi) is 5.18. The highest BCUT2D eigenvalue weighted by Crippen LogP contribution is 2.41. The minimum atomic E-state index is -4.65. The van der Waals surface area contributed by atoms with Crippen molar-refractivity contribution in [2.75, 3.05) is 0 Å². The number of alkyl halides is 3. The molecular weight excluding hydrogens is 483 g/mol. The van der Waals surface area contributed by atoms with E-state index in [1.165, 1.54) is 27.2 Å². The molecule has 0 unspecified atom stereocenters. The molecule has 5 aromatic heterocycles. The van der Waals surface area contributed by atoms with E-state index in [0.29, 0.717) is 31.4 Å². The first-order valence-corrected chi connectivity index (χ1v) is 11.6. The van der Waals surface area contributed by atoms with Gasteiger partial charge in [0.05, 0.1) is 16.3 Å². The van der Waals surface area contributed by atoms with Crippen molar-refractivity contribution in [1.29, 1.82) is 5.26 Å². The average molecular weight is 498 g/mol. The van der Waals surface area contributed by atoms with Crippen molar-refractivity contribution < 1.29 is 13.2 Å². The number of nitriles is 1. The van der Waals surface area contributed by atoms with Gasteiger partial charge in [-0.05, 0) is 49.9 Å². The molecule has 0 aliphatic heterocycles. The summed E-state index contributed by atoms with van der Waals surface area (Å²) in [6.07, 6.45) is -4.65. The molecule has 0 aliphatic rings. The van der Waals surface area contributed by atoms with Crippen LogP contribution in [0.2, 0.25) is 0 Å². The Morgan fingerprint density at radius 3 is 2.53 bits per heavy atom. The van der Waals surface area contributed by atoms with Gasteiger partial charge >= 0.3 is 6.18 Å². The second kappa shape index (κ2) is 7.96. The van der Waals surface area contributed by atoms with Crippen LogP contribution in [-0.4, -0.2) is 19.6 Å². The van der Waals surface area contributed by atoms with E-state index in [1.54, 1.807) is 24.4 Å². The van der Waals surface area contributed by atoms with Gasteiger partial charge in [-0.15, -0.1) is 32.9 Å². The molecule has 0 N–H and O–H groups in total. The van der Waals surface area contributed by atoms with Gasteiger partial charge in [0.25, 0.3) is 0 Å². The largest absolute Gasteiger partial charge is 0.433 e. The molecule has 0 bridgehead atoms. The van der Waals surface area contributed by atoms with Gasteiger partial charge in [0.1, 0.15) is 27.2 Å². The van der Waals surface area contributed by atoms with Gasteiger partial charge in [0.2, 0.25) is 0 Å². The first-order chi connectivity index (χ1) is 16.2. The number of fused-ring (bicyclic) bond motifs is 2. The van der Waals surface area contributed by atoms with Gasteiger partial charge < -0.3 is 0 Å². The van der Waals surface area contributed by atoms with E-state index in [-0.39, 0.29) is 17.0 Å². The van der Waals surface area contributed by atoms with E-state index in [4.69, 9.17) is 0 Å². The maximum atomic E-state index is 13.7. The van der Waals surface area contributed by atoms with Crippen LogP contribution in [0.1, 0.15) is 27.5 Å². The molecule has 0 radical (unpaired) electrons. The molecule has 12 heteroatoms. The molecule has 170 valence electrons. The van der Waals surface area contributed by atoms with Crippen LogP contribution in [0.15, 0.2) is 39.9 Å². The number of azo groups is 1. The number of hydrogen-bond donors (Lipinski definition) is 0. The first-order valence-electron chi connectivity index (χ1n) is 9.91. The quantitative estimate of drug-likeness (QED) is 0.245. The summed E-state index contributed by atoms with van der Waals surface area (Å²) in [6.45, 7) is 5.37. The SMILES string of the molecule is Cc1cc(C)c2c(N=Nc3c(C)nn4c(-c5cccs5)cc(C(F)(F)F)nc34)c(C#N)sc2n1. The summed E-state index contributed by atoms with van der Waals surface area (Å²) in [6, 6.07) is 8.43. The Hall–Kier alpha value is -3.69. The Morgan fingerprint density at radius 1 is 1.09 bits per heavy atom. The van der Waals surface area contributed by atoms with E-state index >= 15 is 0 Å². The van der Waals surface area contributed by atoms with E-state index in [1.807, 2.05) is 19.9 Å². The van der Waals surface area contributed by atoms with E-state index in [9.17, 15) is 18.4 Å². The lowest BCUT2D eigenvalue weighted by Crippen LogP contribution is -2.10. The number of pyridine rings is 1. The predicted molar refractivity (Wildman–Crippen MR) is 124 cm³/mol. The fourth-order valence-corrected chi connectivity index (χ4v) is 5.42. The molecule has 34 heavy (non-hydrogen) atoms. The topological polar surface area (TPSA) is 91.6 Å². The van der Waals surface area contributed by atoms with Crippen LogP contribution in [0.25, 0.3) is 26.4 Å².